The van der Waals surface area contributed by atoms with E-state index in [1.54, 1.807) is 0 Å². The Labute approximate surface area is 122 Å². The summed E-state index contributed by atoms with van der Waals surface area (Å²) in [6.45, 7) is 3.05. The van der Waals surface area contributed by atoms with Gasteiger partial charge in [0.25, 0.3) is 0 Å². The molecule has 2 nitrogen and oxygen atoms in total. The van der Waals surface area contributed by atoms with Crippen molar-refractivity contribution in [2.45, 2.75) is 63.4 Å². The summed E-state index contributed by atoms with van der Waals surface area (Å²) in [6.07, 6.45) is 7.54. The first-order valence-corrected chi connectivity index (χ1v) is 8.14. The fourth-order valence-corrected chi connectivity index (χ4v) is 3.91. The molecule has 0 radical (unpaired) electrons. The van der Waals surface area contributed by atoms with E-state index in [0.717, 1.165) is 44.0 Å². The molecule has 1 aromatic rings. The summed E-state index contributed by atoms with van der Waals surface area (Å²) in [5, 5.41) is 10.9. The molecule has 1 aromatic carbocycles. The van der Waals surface area contributed by atoms with Crippen molar-refractivity contribution in [1.29, 1.82) is 0 Å². The fourth-order valence-electron chi connectivity index (χ4n) is 3.91. The van der Waals surface area contributed by atoms with Crippen molar-refractivity contribution in [2.24, 2.45) is 5.92 Å². The highest BCUT2D eigenvalue weighted by Gasteiger charge is 2.36. The van der Waals surface area contributed by atoms with Crippen LogP contribution in [0.3, 0.4) is 0 Å². The van der Waals surface area contributed by atoms with Crippen molar-refractivity contribution in [1.82, 2.24) is 0 Å². The molecule has 1 heterocycles. The van der Waals surface area contributed by atoms with E-state index >= 15 is 0 Å². The average molecular weight is 274 g/mol. The molecule has 110 valence electrons. The first-order chi connectivity index (χ1) is 9.70. The zero-order valence-electron chi connectivity index (χ0n) is 12.5. The molecule has 20 heavy (non-hydrogen) atoms. The quantitative estimate of drug-likeness (QED) is 0.891. The molecule has 2 heteroatoms. The van der Waals surface area contributed by atoms with Gasteiger partial charge in [0, 0.05) is 0 Å². The predicted octanol–water partition coefficient (Wildman–Crippen LogP) is 4.27. The molecule has 1 atom stereocenters. The lowest BCUT2D eigenvalue weighted by Crippen LogP contribution is -2.36. The molecule has 0 bridgehead atoms. The first kappa shape index (κ1) is 13.9. The third-order valence-corrected chi connectivity index (χ3v) is 5.32. The van der Waals surface area contributed by atoms with Gasteiger partial charge in [0.05, 0.1) is 12.2 Å². The smallest absolute Gasteiger partial charge is 0.122 e. The summed E-state index contributed by atoms with van der Waals surface area (Å²) in [5.74, 6) is 2.31. The highest BCUT2D eigenvalue weighted by molar-refractivity contribution is 5.38. The van der Waals surface area contributed by atoms with Crippen molar-refractivity contribution < 1.29 is 9.84 Å². The fraction of sp³-hybridized carbons (Fsp3) is 0.667. The van der Waals surface area contributed by atoms with Crippen LogP contribution >= 0.6 is 0 Å². The standard InChI is InChI=1S/C18H26O2/c1-2-14-7-10-18(19,11-8-14)13-15-9-12-20-17-6-4-3-5-16(15)17/h3-6,14-15,19H,2,7-13H2,1H3. The van der Waals surface area contributed by atoms with Crippen molar-refractivity contribution in [3.63, 3.8) is 0 Å². The summed E-state index contributed by atoms with van der Waals surface area (Å²) < 4.78 is 5.73. The number of aliphatic hydroxyl groups is 1. The van der Waals surface area contributed by atoms with Gasteiger partial charge in [0.1, 0.15) is 5.75 Å². The van der Waals surface area contributed by atoms with Crippen LogP contribution in [0.2, 0.25) is 0 Å². The third-order valence-electron chi connectivity index (χ3n) is 5.32. The molecule has 0 aromatic heterocycles. The van der Waals surface area contributed by atoms with Gasteiger partial charge in [0.15, 0.2) is 0 Å². The summed E-state index contributed by atoms with van der Waals surface area (Å²) >= 11 is 0. The second kappa shape index (κ2) is 5.77. The van der Waals surface area contributed by atoms with Crippen LogP contribution in [0, 0.1) is 5.92 Å². The van der Waals surface area contributed by atoms with Crippen molar-refractivity contribution in [3.05, 3.63) is 29.8 Å². The number of ether oxygens (including phenoxy) is 1. The van der Waals surface area contributed by atoms with E-state index in [1.807, 2.05) is 6.07 Å². The minimum absolute atomic E-state index is 0.444. The summed E-state index contributed by atoms with van der Waals surface area (Å²) in [4.78, 5) is 0. The van der Waals surface area contributed by atoms with Gasteiger partial charge in [-0.1, -0.05) is 31.5 Å². The van der Waals surface area contributed by atoms with Gasteiger partial charge >= 0.3 is 0 Å². The van der Waals surface area contributed by atoms with Crippen molar-refractivity contribution in [3.8, 4) is 5.75 Å². The molecular formula is C18H26O2. The maximum absolute atomic E-state index is 10.9. The number of fused-ring (bicyclic) bond motifs is 1. The number of rotatable bonds is 3. The third kappa shape index (κ3) is 2.85. The Kier molecular flexibility index (Phi) is 4.02. The highest BCUT2D eigenvalue weighted by Crippen LogP contribution is 2.43. The van der Waals surface area contributed by atoms with Gasteiger partial charge in [-0.2, -0.15) is 0 Å². The van der Waals surface area contributed by atoms with Crippen LogP contribution < -0.4 is 4.74 Å². The van der Waals surface area contributed by atoms with E-state index in [9.17, 15) is 5.11 Å². The Morgan fingerprint density at radius 1 is 1.20 bits per heavy atom. The van der Waals surface area contributed by atoms with Crippen molar-refractivity contribution >= 4 is 0 Å². The first-order valence-electron chi connectivity index (χ1n) is 8.14. The minimum Gasteiger partial charge on any atom is -0.493 e. The number of hydrogen-bond donors (Lipinski definition) is 1. The van der Waals surface area contributed by atoms with Crippen LogP contribution in [0.1, 0.15) is 63.4 Å². The predicted molar refractivity (Wildman–Crippen MR) is 81.1 cm³/mol. The SMILES string of the molecule is CCC1CCC(O)(CC2CCOc3ccccc32)CC1. The molecular weight excluding hydrogens is 248 g/mol. The molecule has 1 aliphatic carbocycles. The van der Waals surface area contributed by atoms with Gasteiger partial charge in [0.2, 0.25) is 0 Å². The lowest BCUT2D eigenvalue weighted by atomic mass is 9.72. The lowest BCUT2D eigenvalue weighted by Gasteiger charge is -2.39. The molecule has 1 saturated carbocycles. The van der Waals surface area contributed by atoms with Gasteiger partial charge in [-0.05, 0) is 62.0 Å². The molecule has 1 unspecified atom stereocenters. The Hall–Kier alpha value is -1.02. The van der Waals surface area contributed by atoms with E-state index in [0.29, 0.717) is 5.92 Å². The number of benzene rings is 1. The van der Waals surface area contributed by atoms with Gasteiger partial charge in [-0.3, -0.25) is 0 Å². The van der Waals surface area contributed by atoms with E-state index in [-0.39, 0.29) is 0 Å². The normalized spacial score (nSPS) is 33.3. The van der Waals surface area contributed by atoms with Crippen LogP contribution in [0.4, 0.5) is 0 Å². The molecule has 1 N–H and O–H groups in total. The topological polar surface area (TPSA) is 29.5 Å². The largest absolute Gasteiger partial charge is 0.493 e. The van der Waals surface area contributed by atoms with E-state index in [1.165, 1.54) is 24.8 Å². The number of para-hydroxylation sites is 1. The molecule has 1 fully saturated rings. The Morgan fingerprint density at radius 3 is 2.70 bits per heavy atom. The number of hydrogen-bond acceptors (Lipinski definition) is 2. The van der Waals surface area contributed by atoms with Gasteiger partial charge in [-0.25, -0.2) is 0 Å². The lowest BCUT2D eigenvalue weighted by molar-refractivity contribution is -0.0250. The Morgan fingerprint density at radius 2 is 1.95 bits per heavy atom. The zero-order chi connectivity index (χ0) is 14.0. The van der Waals surface area contributed by atoms with E-state index in [4.69, 9.17) is 4.74 Å². The van der Waals surface area contributed by atoms with Crippen LogP contribution in [0.25, 0.3) is 0 Å². The van der Waals surface area contributed by atoms with E-state index in [2.05, 4.69) is 25.1 Å². The molecule has 0 spiro atoms. The van der Waals surface area contributed by atoms with Crippen LogP contribution in [0.15, 0.2) is 24.3 Å². The highest BCUT2D eigenvalue weighted by atomic mass is 16.5. The summed E-state index contributed by atoms with van der Waals surface area (Å²) in [6, 6.07) is 8.33. The summed E-state index contributed by atoms with van der Waals surface area (Å²) in [5.41, 5.74) is 0.852. The van der Waals surface area contributed by atoms with Crippen LogP contribution in [0.5, 0.6) is 5.75 Å². The Bertz CT molecular complexity index is 446. The average Bonchev–Trinajstić information content (AvgIpc) is 2.48. The molecule has 3 rings (SSSR count). The Balaban J connectivity index is 1.69. The zero-order valence-corrected chi connectivity index (χ0v) is 12.5. The molecule has 1 aliphatic heterocycles. The van der Waals surface area contributed by atoms with Crippen LogP contribution in [-0.2, 0) is 0 Å². The van der Waals surface area contributed by atoms with Crippen LogP contribution in [-0.4, -0.2) is 17.3 Å². The summed E-state index contributed by atoms with van der Waals surface area (Å²) in [7, 11) is 0. The monoisotopic (exact) mass is 274 g/mol. The van der Waals surface area contributed by atoms with Gasteiger partial charge in [-0.15, -0.1) is 0 Å². The molecule has 0 amide bonds. The maximum atomic E-state index is 10.9. The maximum Gasteiger partial charge on any atom is 0.122 e. The molecule has 0 saturated heterocycles. The van der Waals surface area contributed by atoms with Gasteiger partial charge < -0.3 is 9.84 Å². The minimum atomic E-state index is -0.444. The second-order valence-electron chi connectivity index (χ2n) is 6.65. The van der Waals surface area contributed by atoms with E-state index < -0.39 is 5.60 Å². The molecule has 2 aliphatic rings. The van der Waals surface area contributed by atoms with Crippen molar-refractivity contribution in [2.75, 3.05) is 6.61 Å². The second-order valence-corrected chi connectivity index (χ2v) is 6.65.